The van der Waals surface area contributed by atoms with E-state index in [1.165, 1.54) is 5.49 Å². The summed E-state index contributed by atoms with van der Waals surface area (Å²) in [5, 5.41) is 2.52. The van der Waals surface area contributed by atoms with Crippen LogP contribution in [0.2, 0.25) is 0 Å². The van der Waals surface area contributed by atoms with E-state index < -0.39 is 0 Å². The first-order valence-electron chi connectivity index (χ1n) is 2.86. The van der Waals surface area contributed by atoms with Crippen molar-refractivity contribution in [1.82, 2.24) is 10.2 Å². The molecule has 5 heteroatoms. The first-order chi connectivity index (χ1) is 4.74. The predicted molar refractivity (Wildman–Crippen MR) is 39.7 cm³/mol. The number of cyclic esters (lactones) is 1. The monoisotopic (exact) mass is 160 g/mol. The van der Waals surface area contributed by atoms with Gasteiger partial charge in [0.1, 0.15) is 0 Å². The molecule has 0 spiro atoms. The van der Waals surface area contributed by atoms with E-state index in [0.29, 0.717) is 6.54 Å². The van der Waals surface area contributed by atoms with Gasteiger partial charge in [-0.3, -0.25) is 0 Å². The Labute approximate surface area is 64.1 Å². The number of hydrogen-bond donors (Lipinski definition) is 1. The minimum atomic E-state index is -0.381. The molecule has 1 saturated heterocycles. The predicted octanol–water partition coefficient (Wildman–Crippen LogP) is -0.0587. The lowest BCUT2D eigenvalue weighted by molar-refractivity contribution is 0.0818. The van der Waals surface area contributed by atoms with Crippen LogP contribution in [0.5, 0.6) is 0 Å². The second-order valence-electron chi connectivity index (χ2n) is 2.01. The maximum atomic E-state index is 10.5. The van der Waals surface area contributed by atoms with E-state index in [1.54, 1.807) is 11.9 Å². The van der Waals surface area contributed by atoms with Crippen LogP contribution in [0.4, 0.5) is 4.79 Å². The average molecular weight is 160 g/mol. The van der Waals surface area contributed by atoms with Crippen LogP contribution in [0.3, 0.4) is 0 Å². The summed E-state index contributed by atoms with van der Waals surface area (Å²) in [5.74, 6) is 0. The highest BCUT2D eigenvalue weighted by atomic mass is 32.1. The molecule has 0 aliphatic carbocycles. The van der Waals surface area contributed by atoms with Gasteiger partial charge in [0.25, 0.3) is 0 Å². The summed E-state index contributed by atoms with van der Waals surface area (Å²) >= 11 is 4.63. The second-order valence-corrected chi connectivity index (χ2v) is 2.22. The number of nitrogens with zero attached hydrogens (tertiary/aromatic N) is 1. The van der Waals surface area contributed by atoms with E-state index in [4.69, 9.17) is 4.74 Å². The Morgan fingerprint density at radius 1 is 2.00 bits per heavy atom. The summed E-state index contributed by atoms with van der Waals surface area (Å²) in [5.41, 5.74) is 1.45. The number of rotatable bonds is 2. The molecular weight excluding hydrogens is 152 g/mol. The van der Waals surface area contributed by atoms with Gasteiger partial charge in [0.05, 0.1) is 12.0 Å². The number of carbonyl (C=O) groups is 1. The SMILES string of the molecule is CN(C=S)C1CNC(=O)O1. The van der Waals surface area contributed by atoms with Crippen LogP contribution >= 0.6 is 12.2 Å². The van der Waals surface area contributed by atoms with Gasteiger partial charge in [-0.05, 0) is 0 Å². The lowest BCUT2D eigenvalue weighted by Crippen LogP contribution is -2.32. The lowest BCUT2D eigenvalue weighted by atomic mass is 10.5. The molecule has 1 amide bonds. The highest BCUT2D eigenvalue weighted by Gasteiger charge is 2.24. The van der Waals surface area contributed by atoms with Crippen molar-refractivity contribution in [3.8, 4) is 0 Å². The van der Waals surface area contributed by atoms with Gasteiger partial charge in [-0.2, -0.15) is 0 Å². The summed E-state index contributed by atoms with van der Waals surface area (Å²) in [4.78, 5) is 12.1. The van der Waals surface area contributed by atoms with Gasteiger partial charge >= 0.3 is 6.09 Å². The molecule has 1 aliphatic heterocycles. The normalized spacial score (nSPS) is 23.3. The average Bonchev–Trinajstić information content (AvgIpc) is 2.34. The van der Waals surface area contributed by atoms with Crippen molar-refractivity contribution in [3.05, 3.63) is 0 Å². The Balaban J connectivity index is 2.43. The van der Waals surface area contributed by atoms with Crippen LogP contribution in [0.1, 0.15) is 0 Å². The van der Waals surface area contributed by atoms with Crippen LogP contribution < -0.4 is 5.32 Å². The Morgan fingerprint density at radius 2 is 2.70 bits per heavy atom. The molecular formula is C5H8N2O2S. The van der Waals surface area contributed by atoms with Crippen molar-refractivity contribution in [3.63, 3.8) is 0 Å². The molecule has 56 valence electrons. The van der Waals surface area contributed by atoms with Crippen LogP contribution in [0, 0.1) is 0 Å². The number of thiocarbonyl (C=S) groups is 1. The quantitative estimate of drug-likeness (QED) is 0.575. The van der Waals surface area contributed by atoms with E-state index in [2.05, 4.69) is 17.5 Å². The zero-order chi connectivity index (χ0) is 7.56. The molecule has 0 saturated carbocycles. The van der Waals surface area contributed by atoms with Crippen molar-refractivity contribution in [1.29, 1.82) is 0 Å². The van der Waals surface area contributed by atoms with E-state index in [9.17, 15) is 4.79 Å². The smallest absolute Gasteiger partial charge is 0.409 e. The highest BCUT2D eigenvalue weighted by Crippen LogP contribution is 2.01. The van der Waals surface area contributed by atoms with Gasteiger partial charge in [-0.1, -0.05) is 12.2 Å². The van der Waals surface area contributed by atoms with Crippen LogP contribution in [-0.2, 0) is 4.74 Å². The summed E-state index contributed by atoms with van der Waals surface area (Å²) in [7, 11) is 1.76. The third-order valence-corrected chi connectivity index (χ3v) is 1.62. The lowest BCUT2D eigenvalue weighted by Gasteiger charge is -2.17. The Bertz CT molecular complexity index is 162. The van der Waals surface area contributed by atoms with Gasteiger partial charge in [0, 0.05) is 7.05 Å². The first kappa shape index (κ1) is 7.27. The number of amides is 1. The van der Waals surface area contributed by atoms with Crippen molar-refractivity contribution in [2.75, 3.05) is 13.6 Å². The third kappa shape index (κ3) is 1.36. The number of alkyl carbamates (subject to hydrolysis) is 1. The van der Waals surface area contributed by atoms with Gasteiger partial charge < -0.3 is 15.0 Å². The topological polar surface area (TPSA) is 41.6 Å². The molecule has 4 nitrogen and oxygen atoms in total. The van der Waals surface area contributed by atoms with Crippen molar-refractivity contribution >= 4 is 23.8 Å². The van der Waals surface area contributed by atoms with Gasteiger partial charge in [0.2, 0.25) is 0 Å². The van der Waals surface area contributed by atoms with Crippen molar-refractivity contribution in [2.24, 2.45) is 0 Å². The van der Waals surface area contributed by atoms with Gasteiger partial charge in [-0.15, -0.1) is 0 Å². The first-order valence-corrected chi connectivity index (χ1v) is 3.33. The zero-order valence-electron chi connectivity index (χ0n) is 5.53. The van der Waals surface area contributed by atoms with E-state index in [1.807, 2.05) is 0 Å². The van der Waals surface area contributed by atoms with Crippen LogP contribution in [-0.4, -0.2) is 36.3 Å². The maximum absolute atomic E-state index is 10.5. The fourth-order valence-electron chi connectivity index (χ4n) is 0.673. The summed E-state index contributed by atoms with van der Waals surface area (Å²) in [6.45, 7) is 0.502. The summed E-state index contributed by atoms with van der Waals surface area (Å²) < 4.78 is 4.79. The minimum absolute atomic E-state index is 0.231. The molecule has 0 aromatic rings. The number of ether oxygens (including phenoxy) is 1. The number of carbonyl (C=O) groups excluding carboxylic acids is 1. The second kappa shape index (κ2) is 2.83. The standard InChI is InChI=1S/C5H8N2O2S/c1-7(3-10)4-2-6-5(8)9-4/h3-4H,2H2,1H3,(H,6,8). The van der Waals surface area contributed by atoms with Gasteiger partial charge in [0.15, 0.2) is 6.23 Å². The van der Waals surface area contributed by atoms with E-state index in [-0.39, 0.29) is 12.3 Å². The molecule has 1 heterocycles. The molecule has 0 aromatic heterocycles. The number of hydrogen-bond acceptors (Lipinski definition) is 3. The Hall–Kier alpha value is -0.840. The summed E-state index contributed by atoms with van der Waals surface area (Å²) in [6.07, 6.45) is -0.612. The minimum Gasteiger partial charge on any atom is -0.423 e. The molecule has 1 N–H and O–H groups in total. The molecule has 1 fully saturated rings. The molecule has 0 bridgehead atoms. The van der Waals surface area contributed by atoms with Gasteiger partial charge in [-0.25, -0.2) is 4.79 Å². The van der Waals surface area contributed by atoms with E-state index in [0.717, 1.165) is 0 Å². The summed E-state index contributed by atoms with van der Waals surface area (Å²) in [6, 6.07) is 0. The molecule has 1 unspecified atom stereocenters. The molecule has 1 aliphatic rings. The van der Waals surface area contributed by atoms with E-state index >= 15 is 0 Å². The zero-order valence-corrected chi connectivity index (χ0v) is 6.35. The largest absolute Gasteiger partial charge is 0.423 e. The molecule has 0 radical (unpaired) electrons. The van der Waals surface area contributed by atoms with Crippen molar-refractivity contribution in [2.45, 2.75) is 6.23 Å². The maximum Gasteiger partial charge on any atom is 0.409 e. The third-order valence-electron chi connectivity index (χ3n) is 1.28. The molecule has 0 aromatic carbocycles. The van der Waals surface area contributed by atoms with Crippen LogP contribution in [0.15, 0.2) is 0 Å². The Morgan fingerprint density at radius 3 is 3.10 bits per heavy atom. The Kier molecular flexibility index (Phi) is 2.06. The van der Waals surface area contributed by atoms with Crippen LogP contribution in [0.25, 0.3) is 0 Å². The number of likely N-dealkylation sites (N-methyl/N-ethyl adjacent to an activating group) is 1. The molecule has 1 atom stereocenters. The van der Waals surface area contributed by atoms with Crippen molar-refractivity contribution < 1.29 is 9.53 Å². The molecule has 10 heavy (non-hydrogen) atoms. The fourth-order valence-corrected chi connectivity index (χ4v) is 0.808. The molecule has 1 rings (SSSR count). The number of nitrogens with one attached hydrogen (secondary N) is 1. The fraction of sp³-hybridized carbons (Fsp3) is 0.600. The highest BCUT2D eigenvalue weighted by molar-refractivity contribution is 7.78.